The molecule has 1 aliphatic heterocycles. The fourth-order valence-electron chi connectivity index (χ4n) is 2.17. The molecule has 2 rings (SSSR count). The maximum atomic E-state index is 12.0. The number of esters is 1. The largest absolute Gasteiger partial charge is 0.452 e. The van der Waals surface area contributed by atoms with E-state index in [-0.39, 0.29) is 18.9 Å². The molecule has 1 fully saturated rings. The van der Waals surface area contributed by atoms with Crippen molar-refractivity contribution in [3.05, 3.63) is 29.8 Å². The minimum absolute atomic E-state index is 0.0815. The van der Waals surface area contributed by atoms with Crippen molar-refractivity contribution in [1.82, 2.24) is 0 Å². The van der Waals surface area contributed by atoms with E-state index < -0.39 is 23.9 Å². The summed E-state index contributed by atoms with van der Waals surface area (Å²) in [6, 6.07) is 7.49. The monoisotopic (exact) mass is 290 g/mol. The Hall–Kier alpha value is -2.37. The van der Waals surface area contributed by atoms with Gasteiger partial charge in [0.25, 0.3) is 5.91 Å². The molecule has 1 saturated heterocycles. The van der Waals surface area contributed by atoms with Gasteiger partial charge in [-0.25, -0.2) is 0 Å². The van der Waals surface area contributed by atoms with Crippen LogP contribution < -0.4 is 10.6 Å². The van der Waals surface area contributed by atoms with Crippen molar-refractivity contribution in [3.8, 4) is 0 Å². The predicted octanol–water partition coefficient (Wildman–Crippen LogP) is 0.765. The Morgan fingerprint density at radius 3 is 2.52 bits per heavy atom. The molecule has 2 N–H and O–H groups in total. The van der Waals surface area contributed by atoms with Crippen LogP contribution in [0.25, 0.3) is 0 Å². The molecule has 0 aromatic heterocycles. The molecule has 1 aliphatic rings. The maximum absolute atomic E-state index is 12.0. The van der Waals surface area contributed by atoms with Gasteiger partial charge in [-0.2, -0.15) is 0 Å². The number of benzene rings is 1. The molecule has 21 heavy (non-hydrogen) atoms. The van der Waals surface area contributed by atoms with E-state index in [9.17, 15) is 14.4 Å². The van der Waals surface area contributed by atoms with Gasteiger partial charge in [-0.05, 0) is 26.0 Å². The van der Waals surface area contributed by atoms with Gasteiger partial charge in [0.15, 0.2) is 6.10 Å². The topological polar surface area (TPSA) is 89.7 Å². The van der Waals surface area contributed by atoms with Crippen LogP contribution in [0, 0.1) is 12.8 Å². The lowest BCUT2D eigenvalue weighted by atomic mass is 10.1. The summed E-state index contributed by atoms with van der Waals surface area (Å²) in [5, 5.41) is 0. The highest BCUT2D eigenvalue weighted by molar-refractivity contribution is 5.99. The molecule has 6 nitrogen and oxygen atoms in total. The number of aryl methyl sites for hydroxylation is 1. The minimum Gasteiger partial charge on any atom is -0.452 e. The van der Waals surface area contributed by atoms with Crippen molar-refractivity contribution in [2.75, 3.05) is 11.4 Å². The van der Waals surface area contributed by atoms with Crippen molar-refractivity contribution >= 4 is 23.5 Å². The van der Waals surface area contributed by atoms with Gasteiger partial charge in [-0.15, -0.1) is 0 Å². The summed E-state index contributed by atoms with van der Waals surface area (Å²) >= 11 is 0. The first-order valence-corrected chi connectivity index (χ1v) is 6.75. The van der Waals surface area contributed by atoms with E-state index in [1.807, 2.05) is 31.2 Å². The molecule has 6 heteroatoms. The summed E-state index contributed by atoms with van der Waals surface area (Å²) < 4.78 is 4.95. The fourth-order valence-corrected chi connectivity index (χ4v) is 2.17. The van der Waals surface area contributed by atoms with E-state index in [0.29, 0.717) is 0 Å². The normalized spacial score (nSPS) is 19.4. The molecule has 0 saturated carbocycles. The summed E-state index contributed by atoms with van der Waals surface area (Å²) in [5.41, 5.74) is 6.90. The smallest absolute Gasteiger partial charge is 0.312 e. The molecule has 0 radical (unpaired) electrons. The highest BCUT2D eigenvalue weighted by Crippen LogP contribution is 2.26. The van der Waals surface area contributed by atoms with Crippen molar-refractivity contribution < 1.29 is 19.1 Å². The number of hydrogen-bond donors (Lipinski definition) is 1. The number of carbonyl (C=O) groups excluding carboxylic acids is 3. The Morgan fingerprint density at radius 2 is 1.95 bits per heavy atom. The lowest BCUT2D eigenvalue weighted by Gasteiger charge is -2.17. The first kappa shape index (κ1) is 15.0. The second kappa shape index (κ2) is 5.95. The molecule has 2 amide bonds. The molecule has 0 aliphatic carbocycles. The van der Waals surface area contributed by atoms with E-state index in [1.54, 1.807) is 4.90 Å². The summed E-state index contributed by atoms with van der Waals surface area (Å²) in [5.74, 6) is -1.97. The zero-order valence-electron chi connectivity index (χ0n) is 12.0. The van der Waals surface area contributed by atoms with E-state index in [2.05, 4.69) is 0 Å². The Balaban J connectivity index is 2.04. The second-order valence-corrected chi connectivity index (χ2v) is 5.22. The molecular weight excluding hydrogens is 272 g/mol. The molecule has 112 valence electrons. The number of rotatable bonds is 4. The highest BCUT2D eigenvalue weighted by Gasteiger charge is 2.37. The van der Waals surface area contributed by atoms with Gasteiger partial charge >= 0.3 is 5.97 Å². The first-order valence-electron chi connectivity index (χ1n) is 6.75. The van der Waals surface area contributed by atoms with Crippen molar-refractivity contribution in [3.63, 3.8) is 0 Å². The Labute approximate surface area is 122 Å². The number of ether oxygens (including phenoxy) is 1. The van der Waals surface area contributed by atoms with E-state index in [4.69, 9.17) is 10.5 Å². The van der Waals surface area contributed by atoms with Gasteiger partial charge in [0, 0.05) is 18.7 Å². The SMILES string of the molecule is Cc1ccc(N2C[C@H](C(=O)O[C@H](C)C(N)=O)CC2=O)cc1. The van der Waals surface area contributed by atoms with Gasteiger partial charge in [-0.3, -0.25) is 14.4 Å². The van der Waals surface area contributed by atoms with Crippen LogP contribution in [-0.2, 0) is 19.1 Å². The van der Waals surface area contributed by atoms with Crippen LogP contribution in [0.2, 0.25) is 0 Å². The number of amides is 2. The lowest BCUT2D eigenvalue weighted by Crippen LogP contribution is -2.33. The number of nitrogens with two attached hydrogens (primary N) is 1. The summed E-state index contributed by atoms with van der Waals surface area (Å²) in [6.07, 6.45) is -0.904. The third-order valence-corrected chi connectivity index (χ3v) is 3.50. The average molecular weight is 290 g/mol. The van der Waals surface area contributed by atoms with Crippen molar-refractivity contribution in [2.24, 2.45) is 11.7 Å². The van der Waals surface area contributed by atoms with Crippen LogP contribution in [0.4, 0.5) is 5.69 Å². The van der Waals surface area contributed by atoms with Crippen molar-refractivity contribution in [2.45, 2.75) is 26.4 Å². The van der Waals surface area contributed by atoms with E-state index >= 15 is 0 Å². The number of carbonyl (C=O) groups is 3. The Morgan fingerprint density at radius 1 is 1.33 bits per heavy atom. The van der Waals surface area contributed by atoms with Gasteiger partial charge in [-0.1, -0.05) is 17.7 Å². The predicted molar refractivity (Wildman–Crippen MR) is 76.4 cm³/mol. The zero-order chi connectivity index (χ0) is 15.6. The van der Waals surface area contributed by atoms with Crippen LogP contribution in [0.5, 0.6) is 0 Å². The molecule has 0 unspecified atom stereocenters. The zero-order valence-corrected chi connectivity index (χ0v) is 12.0. The summed E-state index contributed by atoms with van der Waals surface area (Å²) in [6.45, 7) is 3.63. The molecule has 1 heterocycles. The highest BCUT2D eigenvalue weighted by atomic mass is 16.5. The molecule has 0 spiro atoms. The summed E-state index contributed by atoms with van der Waals surface area (Å²) in [7, 11) is 0. The van der Waals surface area contributed by atoms with Gasteiger partial charge < -0.3 is 15.4 Å². The van der Waals surface area contributed by atoms with Crippen molar-refractivity contribution in [1.29, 1.82) is 0 Å². The van der Waals surface area contributed by atoms with E-state index in [1.165, 1.54) is 6.92 Å². The number of nitrogens with zero attached hydrogens (tertiary/aromatic N) is 1. The molecule has 1 aromatic rings. The minimum atomic E-state index is -0.985. The standard InChI is InChI=1S/C15H18N2O4/c1-9-3-5-12(6-4-9)17-8-11(7-13(17)18)15(20)21-10(2)14(16)19/h3-6,10-11H,7-8H2,1-2H3,(H2,16,19)/t10-,11-/m1/s1. The third kappa shape index (κ3) is 3.39. The Kier molecular flexibility index (Phi) is 4.26. The maximum Gasteiger partial charge on any atom is 0.312 e. The van der Waals surface area contributed by atoms with Crippen LogP contribution in [0.1, 0.15) is 18.9 Å². The quantitative estimate of drug-likeness (QED) is 0.829. The van der Waals surface area contributed by atoms with E-state index in [0.717, 1.165) is 11.3 Å². The third-order valence-electron chi connectivity index (χ3n) is 3.50. The average Bonchev–Trinajstić information content (AvgIpc) is 2.81. The molecular formula is C15H18N2O4. The number of anilines is 1. The number of primary amides is 1. The number of hydrogen-bond acceptors (Lipinski definition) is 4. The van der Waals surface area contributed by atoms with Gasteiger partial charge in [0.05, 0.1) is 5.92 Å². The first-order chi connectivity index (χ1) is 9.88. The van der Waals surface area contributed by atoms with Crippen LogP contribution >= 0.6 is 0 Å². The fraction of sp³-hybridized carbons (Fsp3) is 0.400. The van der Waals surface area contributed by atoms with Crippen LogP contribution in [0.3, 0.4) is 0 Å². The summed E-state index contributed by atoms with van der Waals surface area (Å²) in [4.78, 5) is 36.4. The Bertz CT molecular complexity index is 568. The van der Waals surface area contributed by atoms with Gasteiger partial charge in [0.1, 0.15) is 0 Å². The van der Waals surface area contributed by atoms with Crippen LogP contribution in [0.15, 0.2) is 24.3 Å². The van der Waals surface area contributed by atoms with Crippen LogP contribution in [-0.4, -0.2) is 30.4 Å². The lowest BCUT2D eigenvalue weighted by molar-refractivity contribution is -0.157. The van der Waals surface area contributed by atoms with Gasteiger partial charge in [0.2, 0.25) is 5.91 Å². The molecule has 2 atom stereocenters. The molecule has 1 aromatic carbocycles. The second-order valence-electron chi connectivity index (χ2n) is 5.22. The molecule has 0 bridgehead atoms.